The number of quaternary nitrogens is 1. The highest BCUT2D eigenvalue weighted by Gasteiger charge is 2.29. The third-order valence-corrected chi connectivity index (χ3v) is 3.16. The average molecular weight is 200 g/mol. The fourth-order valence-corrected chi connectivity index (χ4v) is 2.08. The molecule has 14 heavy (non-hydrogen) atoms. The molecular weight excluding hydrogens is 178 g/mol. The normalized spacial score (nSPS) is 23.1. The summed E-state index contributed by atoms with van der Waals surface area (Å²) in [5.41, 5.74) is 0. The molecular formula is C11H22NO2+. The van der Waals surface area contributed by atoms with Crippen LogP contribution in [0.2, 0.25) is 0 Å². The number of hydrogen-bond donors (Lipinski definition) is 0. The van der Waals surface area contributed by atoms with Crippen LogP contribution >= 0.6 is 0 Å². The van der Waals surface area contributed by atoms with E-state index in [2.05, 4.69) is 7.05 Å². The molecule has 0 aliphatic carbocycles. The van der Waals surface area contributed by atoms with E-state index in [0.717, 1.165) is 37.3 Å². The maximum atomic E-state index is 11.5. The second-order valence-electron chi connectivity index (χ2n) is 4.58. The van der Waals surface area contributed by atoms with Gasteiger partial charge < -0.3 is 9.22 Å². The number of morpholine rings is 1. The van der Waals surface area contributed by atoms with Crippen molar-refractivity contribution in [2.75, 3.05) is 39.9 Å². The van der Waals surface area contributed by atoms with E-state index in [0.29, 0.717) is 12.2 Å². The van der Waals surface area contributed by atoms with E-state index >= 15 is 0 Å². The Hall–Kier alpha value is -0.410. The average Bonchev–Trinajstić information content (AvgIpc) is 2.17. The Kier molecular flexibility index (Phi) is 4.08. The van der Waals surface area contributed by atoms with Crippen molar-refractivity contribution in [3.63, 3.8) is 0 Å². The molecule has 3 nitrogen and oxygen atoms in total. The van der Waals surface area contributed by atoms with Crippen LogP contribution in [-0.4, -0.2) is 50.2 Å². The van der Waals surface area contributed by atoms with Gasteiger partial charge >= 0.3 is 0 Å². The predicted molar refractivity (Wildman–Crippen MR) is 56.1 cm³/mol. The zero-order valence-electron chi connectivity index (χ0n) is 9.58. The summed E-state index contributed by atoms with van der Waals surface area (Å²) in [5.74, 6) is 0.582. The number of likely N-dealkylation sites (N-methyl/N-ethyl adjacent to an activating group) is 1. The van der Waals surface area contributed by atoms with Gasteiger partial charge in [0.1, 0.15) is 18.9 Å². The van der Waals surface area contributed by atoms with Crippen molar-refractivity contribution < 1.29 is 14.0 Å². The van der Waals surface area contributed by atoms with Crippen LogP contribution in [0.5, 0.6) is 0 Å². The molecule has 1 heterocycles. The molecule has 0 amide bonds. The van der Waals surface area contributed by atoms with Crippen LogP contribution in [0, 0.1) is 5.92 Å². The van der Waals surface area contributed by atoms with Gasteiger partial charge in [-0.05, 0) is 0 Å². The lowest BCUT2D eigenvalue weighted by molar-refractivity contribution is -0.918. The van der Waals surface area contributed by atoms with E-state index in [1.54, 1.807) is 0 Å². The van der Waals surface area contributed by atoms with Gasteiger partial charge in [-0.15, -0.1) is 0 Å². The highest BCUT2D eigenvalue weighted by atomic mass is 16.5. The number of carbonyl (C=O) groups excluding carboxylic acids is 1. The lowest BCUT2D eigenvalue weighted by atomic mass is 10.0. The predicted octanol–water partition coefficient (Wildman–Crippen LogP) is 1.08. The van der Waals surface area contributed by atoms with Crippen LogP contribution in [0.1, 0.15) is 20.3 Å². The molecule has 1 unspecified atom stereocenters. The molecule has 1 fully saturated rings. The fraction of sp³-hybridized carbons (Fsp3) is 0.909. The molecule has 1 atom stereocenters. The Labute approximate surface area is 86.6 Å². The van der Waals surface area contributed by atoms with Gasteiger partial charge in [-0.2, -0.15) is 0 Å². The van der Waals surface area contributed by atoms with Crippen molar-refractivity contribution in [3.05, 3.63) is 0 Å². The minimum absolute atomic E-state index is 0.197. The fourth-order valence-electron chi connectivity index (χ4n) is 2.08. The number of ether oxygens (including phenoxy) is 1. The molecule has 0 aromatic carbocycles. The van der Waals surface area contributed by atoms with Crippen molar-refractivity contribution in [2.24, 2.45) is 5.92 Å². The highest BCUT2D eigenvalue weighted by molar-refractivity contribution is 5.80. The number of Topliss-reactive ketones (excluding diaryl/α,β-unsaturated/α-hetero) is 1. The first kappa shape index (κ1) is 11.7. The number of hydrogen-bond acceptors (Lipinski definition) is 2. The number of rotatable bonds is 4. The lowest BCUT2D eigenvalue weighted by Gasteiger charge is -2.39. The topological polar surface area (TPSA) is 26.3 Å². The molecule has 82 valence electrons. The summed E-state index contributed by atoms with van der Waals surface area (Å²) >= 11 is 0. The summed E-state index contributed by atoms with van der Waals surface area (Å²) in [6.07, 6.45) is 0.664. The molecule has 1 aliphatic heterocycles. The van der Waals surface area contributed by atoms with Gasteiger partial charge in [-0.25, -0.2) is 0 Å². The monoisotopic (exact) mass is 200 g/mol. The zero-order valence-corrected chi connectivity index (χ0v) is 9.58. The van der Waals surface area contributed by atoms with Crippen molar-refractivity contribution >= 4 is 5.78 Å². The minimum atomic E-state index is 0.197. The maximum Gasteiger partial charge on any atom is 0.141 e. The number of carbonyl (C=O) groups is 1. The first-order valence-electron chi connectivity index (χ1n) is 5.51. The van der Waals surface area contributed by atoms with Crippen molar-refractivity contribution in [2.45, 2.75) is 20.3 Å². The van der Waals surface area contributed by atoms with E-state index in [4.69, 9.17) is 4.74 Å². The van der Waals surface area contributed by atoms with Gasteiger partial charge in [0.15, 0.2) is 0 Å². The Bertz CT molecular complexity index is 197. The van der Waals surface area contributed by atoms with Gasteiger partial charge in [0.25, 0.3) is 0 Å². The van der Waals surface area contributed by atoms with Crippen LogP contribution < -0.4 is 0 Å². The minimum Gasteiger partial charge on any atom is -0.370 e. The Morgan fingerprint density at radius 1 is 1.43 bits per heavy atom. The van der Waals surface area contributed by atoms with Gasteiger partial charge in [-0.3, -0.25) is 4.79 Å². The van der Waals surface area contributed by atoms with E-state index in [1.165, 1.54) is 0 Å². The largest absolute Gasteiger partial charge is 0.370 e. The molecule has 1 aliphatic rings. The van der Waals surface area contributed by atoms with E-state index in [9.17, 15) is 4.79 Å². The molecule has 1 saturated heterocycles. The van der Waals surface area contributed by atoms with Crippen LogP contribution in [-0.2, 0) is 9.53 Å². The molecule has 0 radical (unpaired) electrons. The quantitative estimate of drug-likeness (QED) is 0.635. The van der Waals surface area contributed by atoms with Crippen LogP contribution in [0.15, 0.2) is 0 Å². The van der Waals surface area contributed by atoms with Crippen molar-refractivity contribution in [3.8, 4) is 0 Å². The Morgan fingerprint density at radius 3 is 2.50 bits per heavy atom. The lowest BCUT2D eigenvalue weighted by Crippen LogP contribution is -2.54. The molecule has 0 spiro atoms. The third-order valence-electron chi connectivity index (χ3n) is 3.16. The second-order valence-corrected chi connectivity index (χ2v) is 4.58. The SMILES string of the molecule is CCC(=O)C(C)C[N+]1(C)CCOCC1. The van der Waals surface area contributed by atoms with Gasteiger partial charge in [-0.1, -0.05) is 13.8 Å². The Balaban J connectivity index is 2.44. The standard InChI is InChI=1S/C11H22NO2/c1-4-11(13)10(2)9-12(3)5-7-14-8-6-12/h10H,4-9H2,1-3H3/q+1. The van der Waals surface area contributed by atoms with Crippen molar-refractivity contribution in [1.29, 1.82) is 0 Å². The maximum absolute atomic E-state index is 11.5. The molecule has 3 heteroatoms. The molecule has 1 rings (SSSR count). The number of nitrogens with zero attached hydrogens (tertiary/aromatic N) is 1. The first-order valence-corrected chi connectivity index (χ1v) is 5.51. The van der Waals surface area contributed by atoms with E-state index < -0.39 is 0 Å². The second kappa shape index (κ2) is 4.89. The van der Waals surface area contributed by atoms with Crippen LogP contribution in [0.25, 0.3) is 0 Å². The van der Waals surface area contributed by atoms with Crippen molar-refractivity contribution in [1.82, 2.24) is 0 Å². The van der Waals surface area contributed by atoms with Crippen LogP contribution in [0.4, 0.5) is 0 Å². The molecule has 0 aromatic heterocycles. The summed E-state index contributed by atoms with van der Waals surface area (Å²) < 4.78 is 6.33. The van der Waals surface area contributed by atoms with E-state index in [1.807, 2.05) is 13.8 Å². The van der Waals surface area contributed by atoms with E-state index in [-0.39, 0.29) is 5.92 Å². The summed E-state index contributed by atoms with van der Waals surface area (Å²) in [7, 11) is 2.22. The molecule has 0 saturated carbocycles. The summed E-state index contributed by atoms with van der Waals surface area (Å²) in [4.78, 5) is 11.5. The van der Waals surface area contributed by atoms with Crippen LogP contribution in [0.3, 0.4) is 0 Å². The van der Waals surface area contributed by atoms with Gasteiger partial charge in [0.2, 0.25) is 0 Å². The zero-order chi connectivity index (χ0) is 10.6. The van der Waals surface area contributed by atoms with Gasteiger partial charge in [0.05, 0.1) is 32.7 Å². The first-order chi connectivity index (χ1) is 6.57. The summed E-state index contributed by atoms with van der Waals surface area (Å²) in [6, 6.07) is 0. The van der Waals surface area contributed by atoms with Gasteiger partial charge in [0, 0.05) is 6.42 Å². The smallest absolute Gasteiger partial charge is 0.141 e. The third kappa shape index (κ3) is 3.07. The number of ketones is 1. The molecule has 0 bridgehead atoms. The highest BCUT2D eigenvalue weighted by Crippen LogP contribution is 2.13. The summed E-state index contributed by atoms with van der Waals surface area (Å²) in [6.45, 7) is 8.72. The Morgan fingerprint density at radius 2 is 2.00 bits per heavy atom. The molecule has 0 aromatic rings. The molecule has 0 N–H and O–H groups in total. The summed E-state index contributed by atoms with van der Waals surface area (Å²) in [5, 5.41) is 0.